The van der Waals surface area contributed by atoms with Crippen LogP contribution in [0.15, 0.2) is 24.3 Å². The van der Waals surface area contributed by atoms with E-state index in [0.29, 0.717) is 0 Å². The molecule has 98 valence electrons. The molecule has 1 saturated heterocycles. The average molecular weight is 360 g/mol. The van der Waals surface area contributed by atoms with E-state index in [1.807, 2.05) is 12.1 Å². The monoisotopic (exact) mass is 360 g/mol. The minimum atomic E-state index is -0.434. The molecule has 4 heteroatoms. The summed E-state index contributed by atoms with van der Waals surface area (Å²) < 4.78 is 13.4. The number of hydrogen-bond donors (Lipinski definition) is 1. The molecule has 0 aromatic heterocycles. The van der Waals surface area contributed by atoms with Crippen molar-refractivity contribution in [3.05, 3.63) is 33.4 Å². The van der Waals surface area contributed by atoms with Crippen LogP contribution >= 0.6 is 22.6 Å². The van der Waals surface area contributed by atoms with Crippen molar-refractivity contribution < 1.29 is 14.6 Å². The van der Waals surface area contributed by atoms with Crippen molar-refractivity contribution in [3.63, 3.8) is 0 Å². The van der Waals surface area contributed by atoms with Crippen LogP contribution in [-0.2, 0) is 9.47 Å². The quantitative estimate of drug-likeness (QED) is 0.825. The molecule has 1 aromatic rings. The van der Waals surface area contributed by atoms with Gasteiger partial charge >= 0.3 is 0 Å². The fourth-order valence-corrected chi connectivity index (χ4v) is 3.62. The molecule has 1 spiro atoms. The maximum Gasteiger partial charge on any atom is 0.169 e. The van der Waals surface area contributed by atoms with Crippen LogP contribution in [0.3, 0.4) is 0 Å². The molecule has 1 heterocycles. The third kappa shape index (κ3) is 2.19. The van der Waals surface area contributed by atoms with Gasteiger partial charge in [-0.25, -0.2) is 0 Å². The molecule has 0 radical (unpaired) electrons. The van der Waals surface area contributed by atoms with Gasteiger partial charge < -0.3 is 14.6 Å². The summed E-state index contributed by atoms with van der Waals surface area (Å²) in [6.07, 6.45) is 3.82. The van der Waals surface area contributed by atoms with Gasteiger partial charge in [0, 0.05) is 16.4 Å². The van der Waals surface area contributed by atoms with E-state index >= 15 is 0 Å². The van der Waals surface area contributed by atoms with E-state index in [1.165, 1.54) is 0 Å². The molecule has 1 N–H and O–H groups in total. The Labute approximate surface area is 121 Å². The number of aliphatic hydroxyl groups excluding tert-OH is 1. The zero-order chi connectivity index (χ0) is 12.6. The van der Waals surface area contributed by atoms with Crippen molar-refractivity contribution in [2.45, 2.75) is 43.7 Å². The normalized spacial score (nSPS) is 30.1. The highest BCUT2D eigenvalue weighted by Crippen LogP contribution is 2.47. The first-order valence-electron chi connectivity index (χ1n) is 6.45. The first-order valence-corrected chi connectivity index (χ1v) is 7.53. The van der Waals surface area contributed by atoms with Gasteiger partial charge in [-0.3, -0.25) is 0 Å². The summed E-state index contributed by atoms with van der Waals surface area (Å²) in [5.41, 5.74) is 1.13. The molecule has 3 rings (SSSR count). The van der Waals surface area contributed by atoms with Gasteiger partial charge in [-0.15, -0.1) is 0 Å². The number of aliphatic hydroxyl groups is 1. The molecule has 0 bridgehead atoms. The van der Waals surface area contributed by atoms with Crippen LogP contribution in [0.5, 0.6) is 0 Å². The summed E-state index contributed by atoms with van der Waals surface area (Å²) >= 11 is 2.31. The van der Waals surface area contributed by atoms with Crippen LogP contribution < -0.4 is 0 Å². The first-order chi connectivity index (χ1) is 8.74. The zero-order valence-electron chi connectivity index (χ0n) is 10.1. The summed E-state index contributed by atoms with van der Waals surface area (Å²) in [5, 5.41) is 9.52. The fourth-order valence-electron chi connectivity index (χ4n) is 2.92. The lowest BCUT2D eigenvalue weighted by molar-refractivity contribution is -0.172. The van der Waals surface area contributed by atoms with E-state index < -0.39 is 5.79 Å². The maximum absolute atomic E-state index is 9.52. The van der Waals surface area contributed by atoms with Gasteiger partial charge in [-0.05, 0) is 47.1 Å². The second kappa shape index (κ2) is 5.07. The molecule has 0 amide bonds. The molecular weight excluding hydrogens is 343 g/mol. The summed E-state index contributed by atoms with van der Waals surface area (Å²) in [7, 11) is 0. The van der Waals surface area contributed by atoms with Crippen molar-refractivity contribution >= 4 is 22.6 Å². The van der Waals surface area contributed by atoms with Crippen molar-refractivity contribution in [2.75, 3.05) is 6.61 Å². The maximum atomic E-state index is 9.52. The highest BCUT2D eigenvalue weighted by Gasteiger charge is 2.49. The Hall–Kier alpha value is -0.170. The summed E-state index contributed by atoms with van der Waals surface area (Å²) in [4.78, 5) is 0. The van der Waals surface area contributed by atoms with Crippen molar-refractivity contribution in [3.8, 4) is 0 Å². The van der Waals surface area contributed by atoms with Crippen molar-refractivity contribution in [1.29, 1.82) is 0 Å². The molecule has 2 fully saturated rings. The van der Waals surface area contributed by atoms with Gasteiger partial charge in [0.1, 0.15) is 12.2 Å². The van der Waals surface area contributed by atoms with Crippen LogP contribution in [0, 0.1) is 3.57 Å². The summed E-state index contributed by atoms with van der Waals surface area (Å²) in [6.45, 7) is 0.0113. The van der Waals surface area contributed by atoms with Gasteiger partial charge in [0.25, 0.3) is 0 Å². The first kappa shape index (κ1) is 12.8. The van der Waals surface area contributed by atoms with Gasteiger partial charge in [0.05, 0.1) is 6.61 Å². The van der Waals surface area contributed by atoms with Gasteiger partial charge in [0.2, 0.25) is 0 Å². The number of rotatable bonds is 2. The SMILES string of the molecule is OC[C@H]1OC2(CCCC2)OC1c1ccccc1I. The Morgan fingerprint density at radius 2 is 1.94 bits per heavy atom. The van der Waals surface area contributed by atoms with E-state index in [-0.39, 0.29) is 18.8 Å². The van der Waals surface area contributed by atoms with Crippen molar-refractivity contribution in [2.24, 2.45) is 0 Å². The van der Waals surface area contributed by atoms with E-state index in [2.05, 4.69) is 34.7 Å². The molecule has 18 heavy (non-hydrogen) atoms. The third-order valence-electron chi connectivity index (χ3n) is 3.80. The topological polar surface area (TPSA) is 38.7 Å². The summed E-state index contributed by atoms with van der Waals surface area (Å²) in [5.74, 6) is -0.434. The smallest absolute Gasteiger partial charge is 0.169 e. The van der Waals surface area contributed by atoms with Gasteiger partial charge in [-0.2, -0.15) is 0 Å². The van der Waals surface area contributed by atoms with Crippen LogP contribution in [0.2, 0.25) is 0 Å². The van der Waals surface area contributed by atoms with E-state index in [9.17, 15) is 5.11 Å². The summed E-state index contributed by atoms with van der Waals surface area (Å²) in [6, 6.07) is 8.15. The number of benzene rings is 1. The van der Waals surface area contributed by atoms with Crippen LogP contribution in [-0.4, -0.2) is 23.6 Å². The Morgan fingerprint density at radius 3 is 2.61 bits per heavy atom. The van der Waals surface area contributed by atoms with E-state index in [4.69, 9.17) is 9.47 Å². The average Bonchev–Trinajstić information content (AvgIpc) is 2.98. The highest BCUT2D eigenvalue weighted by atomic mass is 127. The minimum absolute atomic E-state index is 0.0113. The van der Waals surface area contributed by atoms with Crippen LogP contribution in [0.4, 0.5) is 0 Å². The van der Waals surface area contributed by atoms with Crippen LogP contribution in [0.1, 0.15) is 37.4 Å². The molecular formula is C14H17IO3. The lowest BCUT2D eigenvalue weighted by Crippen LogP contribution is -2.27. The molecule has 1 aliphatic heterocycles. The Balaban J connectivity index is 1.89. The molecule has 2 atom stereocenters. The molecule has 2 aliphatic rings. The Kier molecular flexibility index (Phi) is 3.62. The standard InChI is InChI=1S/C14H17IO3/c15-11-6-2-1-5-10(11)13-12(9-16)17-14(18-13)7-3-4-8-14/h1-2,5-6,12-13,16H,3-4,7-9H2/t12-,13?/m1/s1. The number of ether oxygens (including phenoxy) is 2. The molecule has 1 saturated carbocycles. The second-order valence-electron chi connectivity index (χ2n) is 5.02. The van der Waals surface area contributed by atoms with Crippen molar-refractivity contribution in [1.82, 2.24) is 0 Å². The lowest BCUT2D eigenvalue weighted by atomic mass is 10.1. The molecule has 1 unspecified atom stereocenters. The second-order valence-corrected chi connectivity index (χ2v) is 6.18. The van der Waals surface area contributed by atoms with Crippen LogP contribution in [0.25, 0.3) is 0 Å². The predicted octanol–water partition coefficient (Wildman–Crippen LogP) is 3.01. The van der Waals surface area contributed by atoms with E-state index in [0.717, 1.165) is 34.8 Å². The lowest BCUT2D eigenvalue weighted by Gasteiger charge is -2.22. The Morgan fingerprint density at radius 1 is 1.22 bits per heavy atom. The third-order valence-corrected chi connectivity index (χ3v) is 4.79. The zero-order valence-corrected chi connectivity index (χ0v) is 12.3. The highest BCUT2D eigenvalue weighted by molar-refractivity contribution is 14.1. The minimum Gasteiger partial charge on any atom is -0.394 e. The number of halogens is 1. The van der Waals surface area contributed by atoms with Gasteiger partial charge in [0.15, 0.2) is 5.79 Å². The molecule has 1 aromatic carbocycles. The largest absolute Gasteiger partial charge is 0.394 e. The van der Waals surface area contributed by atoms with Gasteiger partial charge in [-0.1, -0.05) is 18.2 Å². The van der Waals surface area contributed by atoms with E-state index in [1.54, 1.807) is 0 Å². The molecule has 1 aliphatic carbocycles. The predicted molar refractivity (Wildman–Crippen MR) is 76.1 cm³/mol. The Bertz CT molecular complexity index is 429. The number of hydrogen-bond acceptors (Lipinski definition) is 3. The fraction of sp³-hybridized carbons (Fsp3) is 0.571. The molecule has 3 nitrogen and oxygen atoms in total.